The minimum absolute atomic E-state index is 0.0523. The zero-order chi connectivity index (χ0) is 21.8. The molecule has 0 amide bonds. The van der Waals surface area contributed by atoms with E-state index in [4.69, 9.17) is 20.7 Å². The Balaban J connectivity index is 1.37. The molecular formula is C24H30N5O2+. The van der Waals surface area contributed by atoms with E-state index in [-0.39, 0.29) is 6.04 Å². The Kier molecular flexibility index (Phi) is 6.21. The lowest BCUT2D eigenvalue weighted by Crippen LogP contribution is -2.35. The summed E-state index contributed by atoms with van der Waals surface area (Å²) >= 11 is 0. The number of guanidine groups is 1. The van der Waals surface area contributed by atoms with E-state index < -0.39 is 0 Å². The molecule has 4 rings (SSSR count). The van der Waals surface area contributed by atoms with Crippen molar-refractivity contribution in [3.05, 3.63) is 65.0 Å². The molecule has 7 nitrogen and oxygen atoms in total. The van der Waals surface area contributed by atoms with Crippen LogP contribution in [0, 0.1) is 13.8 Å². The van der Waals surface area contributed by atoms with Crippen molar-refractivity contribution in [2.45, 2.75) is 45.6 Å². The molecule has 4 N–H and O–H groups in total. The monoisotopic (exact) mass is 420 g/mol. The zero-order valence-electron chi connectivity index (χ0n) is 18.2. The van der Waals surface area contributed by atoms with Crippen LogP contribution in [0.25, 0.3) is 11.4 Å². The van der Waals surface area contributed by atoms with Gasteiger partial charge in [-0.25, -0.2) is 0 Å². The number of aromatic nitrogens is 2. The third kappa shape index (κ3) is 4.87. The van der Waals surface area contributed by atoms with Gasteiger partial charge in [0.1, 0.15) is 5.75 Å². The molecule has 0 spiro atoms. The summed E-state index contributed by atoms with van der Waals surface area (Å²) in [6.07, 6.45) is 3.87. The summed E-state index contributed by atoms with van der Waals surface area (Å²) < 4.78 is 13.4. The van der Waals surface area contributed by atoms with Crippen molar-refractivity contribution in [1.82, 2.24) is 10.1 Å². The molecule has 3 aromatic rings. The SMILES string of the molecule is Cc1ccc(CCCOc2ccc(-c3noc([C@@H]4CCC[N+]4=C(N)N)n3)cc2C)cc1. The molecule has 1 fully saturated rings. The van der Waals surface area contributed by atoms with E-state index in [2.05, 4.69) is 41.3 Å². The third-order valence-corrected chi connectivity index (χ3v) is 5.73. The molecule has 1 atom stereocenters. The van der Waals surface area contributed by atoms with Crippen molar-refractivity contribution in [2.75, 3.05) is 13.2 Å². The summed E-state index contributed by atoms with van der Waals surface area (Å²) in [7, 11) is 0. The fourth-order valence-electron chi connectivity index (χ4n) is 3.98. The third-order valence-electron chi connectivity index (χ3n) is 5.73. The Bertz CT molecular complexity index is 1070. The molecule has 1 aliphatic rings. The molecule has 1 saturated heterocycles. The summed E-state index contributed by atoms with van der Waals surface area (Å²) in [6, 6.07) is 14.6. The van der Waals surface area contributed by atoms with Gasteiger partial charge in [0.15, 0.2) is 6.04 Å². The molecule has 0 bridgehead atoms. The maximum absolute atomic E-state index is 6.00. The van der Waals surface area contributed by atoms with Crippen LogP contribution in [-0.2, 0) is 6.42 Å². The Hall–Kier alpha value is -3.35. The Labute approximate surface area is 182 Å². The van der Waals surface area contributed by atoms with E-state index in [1.807, 2.05) is 29.7 Å². The fraction of sp³-hybridized carbons (Fsp3) is 0.375. The lowest BCUT2D eigenvalue weighted by molar-refractivity contribution is -0.555. The number of ether oxygens (including phenoxy) is 1. The molecule has 1 aliphatic heterocycles. The largest absolute Gasteiger partial charge is 0.493 e. The van der Waals surface area contributed by atoms with Gasteiger partial charge in [0, 0.05) is 5.56 Å². The normalized spacial score (nSPS) is 15.9. The van der Waals surface area contributed by atoms with Crippen LogP contribution in [0.15, 0.2) is 47.0 Å². The van der Waals surface area contributed by atoms with Crippen molar-refractivity contribution < 1.29 is 13.8 Å². The fourth-order valence-corrected chi connectivity index (χ4v) is 3.98. The summed E-state index contributed by atoms with van der Waals surface area (Å²) in [5, 5.41) is 4.17. The molecule has 31 heavy (non-hydrogen) atoms. The second-order valence-corrected chi connectivity index (χ2v) is 8.15. The van der Waals surface area contributed by atoms with E-state index in [1.165, 1.54) is 11.1 Å². The number of hydrogen-bond donors (Lipinski definition) is 2. The topological polar surface area (TPSA) is 103 Å². The average Bonchev–Trinajstić information content (AvgIpc) is 3.43. The first kappa shape index (κ1) is 20.9. The Morgan fingerprint density at radius 3 is 2.71 bits per heavy atom. The Morgan fingerprint density at radius 1 is 1.16 bits per heavy atom. The van der Waals surface area contributed by atoms with E-state index >= 15 is 0 Å². The maximum Gasteiger partial charge on any atom is 0.341 e. The highest BCUT2D eigenvalue weighted by Crippen LogP contribution is 2.30. The van der Waals surface area contributed by atoms with Crippen molar-refractivity contribution in [3.63, 3.8) is 0 Å². The van der Waals surface area contributed by atoms with E-state index in [1.54, 1.807) is 0 Å². The number of aryl methyl sites for hydroxylation is 3. The van der Waals surface area contributed by atoms with Crippen LogP contribution in [0.5, 0.6) is 5.75 Å². The number of nitrogens with two attached hydrogens (primary N) is 2. The number of nitrogens with zero attached hydrogens (tertiary/aromatic N) is 3. The lowest BCUT2D eigenvalue weighted by Gasteiger charge is -2.10. The summed E-state index contributed by atoms with van der Waals surface area (Å²) in [4.78, 5) is 4.60. The smallest absolute Gasteiger partial charge is 0.341 e. The van der Waals surface area contributed by atoms with Crippen LogP contribution in [0.2, 0.25) is 0 Å². The molecule has 7 heteroatoms. The zero-order valence-corrected chi connectivity index (χ0v) is 18.2. The van der Waals surface area contributed by atoms with Crippen molar-refractivity contribution in [2.24, 2.45) is 11.5 Å². The average molecular weight is 421 g/mol. The molecule has 2 heterocycles. The van der Waals surface area contributed by atoms with Crippen LogP contribution in [0.1, 0.15) is 47.9 Å². The highest BCUT2D eigenvalue weighted by molar-refractivity contribution is 5.70. The summed E-state index contributed by atoms with van der Waals surface area (Å²) in [6.45, 7) is 5.62. The van der Waals surface area contributed by atoms with E-state index in [9.17, 15) is 0 Å². The van der Waals surface area contributed by atoms with Crippen LogP contribution < -0.4 is 16.2 Å². The minimum atomic E-state index is -0.0523. The molecule has 1 aromatic heterocycles. The van der Waals surface area contributed by atoms with Gasteiger partial charge in [0.25, 0.3) is 5.89 Å². The first-order chi connectivity index (χ1) is 15.0. The standard InChI is InChI=1S/C24H29N5O2/c1-16-7-9-18(10-8-16)5-4-14-30-21-12-11-19(15-17(21)2)22-27-23(31-28-22)20-6-3-13-29(20)24(25)26/h7-12,15,20H,3-6,13-14H2,1-2H3,(H3,25,26)/p+1/t20-/m0/s1. The van der Waals surface area contributed by atoms with Gasteiger partial charge in [-0.2, -0.15) is 4.98 Å². The second-order valence-electron chi connectivity index (χ2n) is 8.15. The molecule has 0 saturated carbocycles. The van der Waals surface area contributed by atoms with Crippen LogP contribution >= 0.6 is 0 Å². The van der Waals surface area contributed by atoms with E-state index in [0.717, 1.165) is 49.1 Å². The number of rotatable bonds is 7. The van der Waals surface area contributed by atoms with Gasteiger partial charge in [-0.3, -0.25) is 16.0 Å². The van der Waals surface area contributed by atoms with Gasteiger partial charge in [-0.1, -0.05) is 35.0 Å². The molecular weight excluding hydrogens is 390 g/mol. The van der Waals surface area contributed by atoms with Gasteiger partial charge in [0.2, 0.25) is 5.82 Å². The van der Waals surface area contributed by atoms with Crippen LogP contribution in [0.3, 0.4) is 0 Å². The number of hydrogen-bond acceptors (Lipinski definition) is 4. The van der Waals surface area contributed by atoms with Crippen molar-refractivity contribution in [1.29, 1.82) is 0 Å². The quantitative estimate of drug-likeness (QED) is 0.345. The van der Waals surface area contributed by atoms with Gasteiger partial charge in [0.05, 0.1) is 13.2 Å². The predicted molar refractivity (Wildman–Crippen MR) is 120 cm³/mol. The maximum atomic E-state index is 6.00. The molecule has 162 valence electrons. The van der Waals surface area contributed by atoms with Gasteiger partial charge >= 0.3 is 5.96 Å². The molecule has 2 aromatic carbocycles. The second kappa shape index (κ2) is 9.20. The minimum Gasteiger partial charge on any atom is -0.493 e. The van der Waals surface area contributed by atoms with Gasteiger partial charge in [-0.15, -0.1) is 0 Å². The molecule has 0 radical (unpaired) electrons. The number of benzene rings is 2. The summed E-state index contributed by atoms with van der Waals surface area (Å²) in [5.41, 5.74) is 16.1. The Morgan fingerprint density at radius 2 is 1.97 bits per heavy atom. The van der Waals surface area contributed by atoms with Crippen molar-refractivity contribution in [3.8, 4) is 17.1 Å². The highest BCUT2D eigenvalue weighted by atomic mass is 16.5. The predicted octanol–water partition coefficient (Wildman–Crippen LogP) is 3.49. The molecule has 0 aliphatic carbocycles. The van der Waals surface area contributed by atoms with Gasteiger partial charge < -0.3 is 9.26 Å². The van der Waals surface area contributed by atoms with Gasteiger partial charge in [-0.05, 0) is 68.9 Å². The highest BCUT2D eigenvalue weighted by Gasteiger charge is 2.31. The first-order valence-corrected chi connectivity index (χ1v) is 10.8. The molecule has 0 unspecified atom stereocenters. The first-order valence-electron chi connectivity index (χ1n) is 10.8. The lowest BCUT2D eigenvalue weighted by atomic mass is 10.1. The van der Waals surface area contributed by atoms with E-state index in [0.29, 0.717) is 24.3 Å². The van der Waals surface area contributed by atoms with Crippen LogP contribution in [0.4, 0.5) is 0 Å². The van der Waals surface area contributed by atoms with Crippen LogP contribution in [-0.4, -0.2) is 33.8 Å². The van der Waals surface area contributed by atoms with Crippen molar-refractivity contribution >= 4 is 5.96 Å². The summed E-state index contributed by atoms with van der Waals surface area (Å²) in [5.74, 6) is 2.28.